The summed E-state index contributed by atoms with van der Waals surface area (Å²) in [7, 11) is 0. The summed E-state index contributed by atoms with van der Waals surface area (Å²) in [5.41, 5.74) is 2.90. The molecule has 0 atom stereocenters. The van der Waals surface area contributed by atoms with Crippen LogP contribution in [-0.2, 0) is 11.2 Å². The van der Waals surface area contributed by atoms with E-state index in [-0.39, 0.29) is 16.9 Å². The van der Waals surface area contributed by atoms with E-state index in [1.807, 2.05) is 37.3 Å². The zero-order valence-electron chi connectivity index (χ0n) is 18.5. The highest BCUT2D eigenvalue weighted by Crippen LogP contribution is 2.16. The fourth-order valence-corrected chi connectivity index (χ4v) is 3.27. The van der Waals surface area contributed by atoms with Crippen molar-refractivity contribution < 1.29 is 14.3 Å². The SMILES string of the molecule is CCCOc1ccc(C(=O)NC(=S)Nc2cccc(NC(=O)CCc3ccccc3)c2)cc1. The molecule has 0 saturated heterocycles. The van der Waals surface area contributed by atoms with Gasteiger partial charge in [0.2, 0.25) is 5.91 Å². The summed E-state index contributed by atoms with van der Waals surface area (Å²) in [6.07, 6.45) is 1.98. The van der Waals surface area contributed by atoms with E-state index in [0.29, 0.717) is 36.4 Å². The first-order valence-electron chi connectivity index (χ1n) is 10.8. The maximum atomic E-state index is 12.4. The van der Waals surface area contributed by atoms with Crippen molar-refractivity contribution in [3.63, 3.8) is 0 Å². The number of rotatable bonds is 9. The van der Waals surface area contributed by atoms with Gasteiger partial charge < -0.3 is 15.4 Å². The van der Waals surface area contributed by atoms with E-state index in [1.165, 1.54) is 0 Å². The zero-order chi connectivity index (χ0) is 23.5. The Morgan fingerprint density at radius 1 is 0.879 bits per heavy atom. The average molecular weight is 462 g/mol. The Morgan fingerprint density at radius 3 is 2.27 bits per heavy atom. The molecule has 0 aliphatic carbocycles. The lowest BCUT2D eigenvalue weighted by Gasteiger charge is -2.12. The molecule has 0 fully saturated rings. The van der Waals surface area contributed by atoms with Crippen LogP contribution in [0.4, 0.5) is 11.4 Å². The topological polar surface area (TPSA) is 79.5 Å². The molecule has 33 heavy (non-hydrogen) atoms. The van der Waals surface area contributed by atoms with Crippen LogP contribution in [0.5, 0.6) is 5.75 Å². The summed E-state index contributed by atoms with van der Waals surface area (Å²) in [5.74, 6) is 0.329. The molecule has 0 heterocycles. The summed E-state index contributed by atoms with van der Waals surface area (Å²) >= 11 is 5.27. The molecule has 6 nitrogen and oxygen atoms in total. The smallest absolute Gasteiger partial charge is 0.257 e. The number of carbonyl (C=O) groups is 2. The van der Waals surface area contributed by atoms with E-state index in [9.17, 15) is 9.59 Å². The van der Waals surface area contributed by atoms with Gasteiger partial charge in [-0.1, -0.05) is 43.3 Å². The number of ether oxygens (including phenoxy) is 1. The van der Waals surface area contributed by atoms with Gasteiger partial charge in [0.25, 0.3) is 5.91 Å². The molecule has 0 bridgehead atoms. The van der Waals surface area contributed by atoms with Crippen molar-refractivity contribution in [2.45, 2.75) is 26.2 Å². The number of nitrogens with one attached hydrogen (secondary N) is 3. The van der Waals surface area contributed by atoms with Gasteiger partial charge >= 0.3 is 0 Å². The van der Waals surface area contributed by atoms with Crippen LogP contribution in [0.3, 0.4) is 0 Å². The number of benzene rings is 3. The standard InChI is InChI=1S/C26H27N3O3S/c1-2-17-32-23-14-12-20(13-15-23)25(31)29-26(33)28-22-10-6-9-21(18-22)27-24(30)16-11-19-7-4-3-5-8-19/h3-10,12-15,18H,2,11,16-17H2,1H3,(H,27,30)(H2,28,29,31,33). The van der Waals surface area contributed by atoms with Crippen LogP contribution in [0, 0.1) is 0 Å². The molecule has 3 N–H and O–H groups in total. The second-order valence-corrected chi connectivity index (χ2v) is 7.80. The van der Waals surface area contributed by atoms with Gasteiger partial charge in [0, 0.05) is 23.4 Å². The Labute approximate surface area is 199 Å². The van der Waals surface area contributed by atoms with Gasteiger partial charge in [0.05, 0.1) is 6.61 Å². The van der Waals surface area contributed by atoms with Crippen LogP contribution in [0.25, 0.3) is 0 Å². The molecule has 170 valence electrons. The van der Waals surface area contributed by atoms with Gasteiger partial charge in [0.1, 0.15) is 5.75 Å². The predicted molar refractivity (Wildman–Crippen MR) is 136 cm³/mol. The summed E-state index contributed by atoms with van der Waals surface area (Å²) in [6, 6.07) is 23.9. The van der Waals surface area contributed by atoms with Crippen molar-refractivity contribution in [2.24, 2.45) is 0 Å². The van der Waals surface area contributed by atoms with E-state index < -0.39 is 0 Å². The molecule has 7 heteroatoms. The van der Waals surface area contributed by atoms with Gasteiger partial charge in [-0.2, -0.15) is 0 Å². The van der Waals surface area contributed by atoms with E-state index in [0.717, 1.165) is 17.7 Å². The van der Waals surface area contributed by atoms with Crippen molar-refractivity contribution in [3.8, 4) is 5.75 Å². The molecule has 0 aliphatic rings. The van der Waals surface area contributed by atoms with Crippen LogP contribution in [0.1, 0.15) is 35.7 Å². The van der Waals surface area contributed by atoms with Gasteiger partial charge in [0.15, 0.2) is 5.11 Å². The third-order valence-corrected chi connectivity index (χ3v) is 4.91. The second kappa shape index (κ2) is 12.4. The van der Waals surface area contributed by atoms with Crippen molar-refractivity contribution in [2.75, 3.05) is 17.2 Å². The van der Waals surface area contributed by atoms with Crippen molar-refractivity contribution >= 4 is 40.5 Å². The van der Waals surface area contributed by atoms with Crippen LogP contribution in [0.15, 0.2) is 78.9 Å². The van der Waals surface area contributed by atoms with E-state index >= 15 is 0 Å². The number of carbonyl (C=O) groups excluding carboxylic acids is 2. The maximum Gasteiger partial charge on any atom is 0.257 e. The zero-order valence-corrected chi connectivity index (χ0v) is 19.3. The quantitative estimate of drug-likeness (QED) is 0.383. The first-order chi connectivity index (χ1) is 16.0. The van der Waals surface area contributed by atoms with Crippen LogP contribution < -0.4 is 20.7 Å². The molecule has 3 aromatic rings. The Morgan fingerprint density at radius 2 is 1.58 bits per heavy atom. The van der Waals surface area contributed by atoms with E-state index in [1.54, 1.807) is 48.5 Å². The fraction of sp³-hybridized carbons (Fsp3) is 0.192. The Balaban J connectivity index is 1.49. The fourth-order valence-electron chi connectivity index (χ4n) is 3.06. The number of hydrogen-bond donors (Lipinski definition) is 3. The van der Waals surface area contributed by atoms with Gasteiger partial charge in [-0.05, 0) is 73.1 Å². The highest BCUT2D eigenvalue weighted by molar-refractivity contribution is 7.80. The van der Waals surface area contributed by atoms with Crippen LogP contribution in [0.2, 0.25) is 0 Å². The van der Waals surface area contributed by atoms with Crippen molar-refractivity contribution in [3.05, 3.63) is 90.0 Å². The molecule has 0 aliphatic heterocycles. The highest BCUT2D eigenvalue weighted by Gasteiger charge is 2.09. The summed E-state index contributed by atoms with van der Waals surface area (Å²) < 4.78 is 5.53. The van der Waals surface area contributed by atoms with E-state index in [2.05, 4.69) is 16.0 Å². The molecule has 0 radical (unpaired) electrons. The molecule has 0 saturated carbocycles. The van der Waals surface area contributed by atoms with Crippen LogP contribution >= 0.6 is 12.2 Å². The lowest BCUT2D eigenvalue weighted by Crippen LogP contribution is -2.34. The molecule has 3 aromatic carbocycles. The first-order valence-corrected chi connectivity index (χ1v) is 11.2. The second-order valence-electron chi connectivity index (χ2n) is 7.40. The van der Waals surface area contributed by atoms with Crippen molar-refractivity contribution in [1.29, 1.82) is 0 Å². The minimum absolute atomic E-state index is 0.0711. The molecule has 3 rings (SSSR count). The maximum absolute atomic E-state index is 12.4. The van der Waals surface area contributed by atoms with Gasteiger partial charge in [-0.15, -0.1) is 0 Å². The third-order valence-electron chi connectivity index (χ3n) is 4.70. The normalized spacial score (nSPS) is 10.2. The average Bonchev–Trinajstić information content (AvgIpc) is 2.82. The summed E-state index contributed by atoms with van der Waals surface area (Å²) in [6.45, 7) is 2.66. The molecular weight excluding hydrogens is 434 g/mol. The number of thiocarbonyl (C=S) groups is 1. The third kappa shape index (κ3) is 8.05. The minimum atomic E-state index is -0.320. The van der Waals surface area contributed by atoms with Gasteiger partial charge in [-0.3, -0.25) is 14.9 Å². The highest BCUT2D eigenvalue weighted by atomic mass is 32.1. The monoisotopic (exact) mass is 461 g/mol. The molecule has 0 aromatic heterocycles. The Hall–Kier alpha value is -3.71. The predicted octanol–water partition coefficient (Wildman–Crippen LogP) is 5.17. The van der Waals surface area contributed by atoms with Crippen LogP contribution in [-0.4, -0.2) is 23.5 Å². The number of hydrogen-bond acceptors (Lipinski definition) is 4. The molecule has 0 spiro atoms. The lowest BCUT2D eigenvalue weighted by molar-refractivity contribution is -0.116. The summed E-state index contributed by atoms with van der Waals surface area (Å²) in [5, 5.41) is 8.69. The number of amides is 2. The summed E-state index contributed by atoms with van der Waals surface area (Å²) in [4.78, 5) is 24.7. The first kappa shape index (κ1) is 23.9. The Kier molecular flexibility index (Phi) is 8.97. The van der Waals surface area contributed by atoms with Crippen molar-refractivity contribution in [1.82, 2.24) is 5.32 Å². The lowest BCUT2D eigenvalue weighted by atomic mass is 10.1. The molecule has 2 amide bonds. The number of aryl methyl sites for hydroxylation is 1. The van der Waals surface area contributed by atoms with Gasteiger partial charge in [-0.25, -0.2) is 0 Å². The number of anilines is 2. The molecule has 0 unspecified atom stereocenters. The van der Waals surface area contributed by atoms with E-state index in [4.69, 9.17) is 17.0 Å². The minimum Gasteiger partial charge on any atom is -0.494 e. The Bertz CT molecular complexity index is 1090. The largest absolute Gasteiger partial charge is 0.494 e. The molecular formula is C26H27N3O3S.